The molecule has 1 aliphatic carbocycles. The number of rotatable bonds is 1. The van der Waals surface area contributed by atoms with Crippen molar-refractivity contribution < 1.29 is 14.3 Å². The lowest BCUT2D eigenvalue weighted by molar-refractivity contribution is 0.00908. The SMILES string of the molecule is O=C(Nc1ccc2c(c1)OCCO2)N1CCCC2=C[C@H]3C[C@@H](CN4CCCC[C@@H]34)[C@@H]21. The van der Waals surface area contributed by atoms with Gasteiger partial charge in [0, 0.05) is 30.9 Å². The highest BCUT2D eigenvalue weighted by Gasteiger charge is 2.46. The molecule has 1 N–H and O–H groups in total. The number of anilines is 1. The van der Waals surface area contributed by atoms with Gasteiger partial charge >= 0.3 is 6.03 Å². The number of carbonyl (C=O) groups is 1. The number of likely N-dealkylation sites (tertiary alicyclic amines) is 1. The van der Waals surface area contributed by atoms with E-state index in [1.165, 1.54) is 37.8 Å². The standard InChI is InChI=1S/C24H31N3O3/c28-24(25-19-6-7-21-22(14-19)30-11-10-29-21)27-9-3-4-16-12-17-13-18(23(16)27)15-26-8-2-1-5-20(17)26/h6-7,12,14,17-18,20,23H,1-5,8-11,13,15H2,(H,25,28)/t17-,18-,20-,23+/m0/s1. The molecule has 0 radical (unpaired) electrons. The first-order chi connectivity index (χ1) is 14.8. The summed E-state index contributed by atoms with van der Waals surface area (Å²) in [5, 5.41) is 3.14. The Hall–Kier alpha value is -2.21. The lowest BCUT2D eigenvalue weighted by Gasteiger charge is -2.54. The third-order valence-corrected chi connectivity index (χ3v) is 7.71. The van der Waals surface area contributed by atoms with Crippen molar-refractivity contribution in [2.75, 3.05) is 38.2 Å². The van der Waals surface area contributed by atoms with Gasteiger partial charge in [-0.25, -0.2) is 4.79 Å². The number of nitrogens with zero attached hydrogens (tertiary/aromatic N) is 2. The Morgan fingerprint density at radius 1 is 1.07 bits per heavy atom. The average Bonchev–Trinajstić information content (AvgIpc) is 2.78. The Kier molecular flexibility index (Phi) is 4.63. The number of carbonyl (C=O) groups excluding carboxylic acids is 1. The van der Waals surface area contributed by atoms with E-state index in [4.69, 9.17) is 9.47 Å². The molecule has 6 rings (SSSR count). The van der Waals surface area contributed by atoms with E-state index in [0.29, 0.717) is 30.8 Å². The van der Waals surface area contributed by atoms with Crippen LogP contribution in [0.5, 0.6) is 11.5 Å². The molecule has 0 spiro atoms. The van der Waals surface area contributed by atoms with Crippen molar-refractivity contribution in [3.63, 3.8) is 0 Å². The zero-order chi connectivity index (χ0) is 20.1. The maximum Gasteiger partial charge on any atom is 0.322 e. The fraction of sp³-hybridized carbons (Fsp3) is 0.625. The molecule has 4 heterocycles. The fourth-order valence-electron chi connectivity index (χ4n) is 6.52. The molecule has 1 aromatic carbocycles. The van der Waals surface area contributed by atoms with E-state index in [1.807, 2.05) is 18.2 Å². The van der Waals surface area contributed by atoms with Gasteiger partial charge in [-0.3, -0.25) is 4.90 Å². The van der Waals surface area contributed by atoms with Crippen LogP contribution in [0.2, 0.25) is 0 Å². The molecule has 0 unspecified atom stereocenters. The quantitative estimate of drug-likeness (QED) is 0.715. The predicted molar refractivity (Wildman–Crippen MR) is 115 cm³/mol. The van der Waals surface area contributed by atoms with Crippen LogP contribution in [0, 0.1) is 11.8 Å². The molecule has 0 aromatic heterocycles. The number of amides is 2. The molecule has 30 heavy (non-hydrogen) atoms. The van der Waals surface area contributed by atoms with Crippen molar-refractivity contribution >= 4 is 11.7 Å². The van der Waals surface area contributed by atoms with Crippen molar-refractivity contribution in [3.05, 3.63) is 29.8 Å². The molecule has 6 nitrogen and oxygen atoms in total. The molecular formula is C24H31N3O3. The summed E-state index contributed by atoms with van der Waals surface area (Å²) in [5.74, 6) is 2.72. The third kappa shape index (κ3) is 3.16. The summed E-state index contributed by atoms with van der Waals surface area (Å²) in [6.07, 6.45) is 10.1. The summed E-state index contributed by atoms with van der Waals surface area (Å²) < 4.78 is 11.3. The van der Waals surface area contributed by atoms with E-state index < -0.39 is 0 Å². The van der Waals surface area contributed by atoms with Crippen LogP contribution >= 0.6 is 0 Å². The second kappa shape index (κ2) is 7.49. The highest BCUT2D eigenvalue weighted by Crippen LogP contribution is 2.45. The molecule has 4 aliphatic heterocycles. The highest BCUT2D eigenvalue weighted by molar-refractivity contribution is 5.90. The third-order valence-electron chi connectivity index (χ3n) is 7.71. The van der Waals surface area contributed by atoms with Gasteiger partial charge in [-0.2, -0.15) is 0 Å². The molecule has 0 saturated carbocycles. The summed E-state index contributed by atoms with van der Waals surface area (Å²) >= 11 is 0. The summed E-state index contributed by atoms with van der Waals surface area (Å²) in [5.41, 5.74) is 2.29. The minimum absolute atomic E-state index is 0.0153. The van der Waals surface area contributed by atoms with Gasteiger partial charge in [0.2, 0.25) is 0 Å². The Morgan fingerprint density at radius 3 is 2.90 bits per heavy atom. The lowest BCUT2D eigenvalue weighted by atomic mass is 9.68. The van der Waals surface area contributed by atoms with Crippen LogP contribution in [0.4, 0.5) is 10.5 Å². The minimum Gasteiger partial charge on any atom is -0.486 e. The highest BCUT2D eigenvalue weighted by atomic mass is 16.6. The van der Waals surface area contributed by atoms with E-state index in [9.17, 15) is 4.79 Å². The Balaban J connectivity index is 1.23. The molecule has 4 atom stereocenters. The molecule has 3 saturated heterocycles. The molecule has 2 bridgehead atoms. The smallest absolute Gasteiger partial charge is 0.322 e. The van der Waals surface area contributed by atoms with Gasteiger partial charge in [-0.1, -0.05) is 18.1 Å². The van der Waals surface area contributed by atoms with Crippen molar-refractivity contribution in [3.8, 4) is 11.5 Å². The van der Waals surface area contributed by atoms with Crippen LogP contribution in [0.15, 0.2) is 29.8 Å². The normalized spacial score (nSPS) is 32.5. The van der Waals surface area contributed by atoms with Crippen LogP contribution < -0.4 is 14.8 Å². The van der Waals surface area contributed by atoms with E-state index in [0.717, 1.165) is 43.4 Å². The summed E-state index contributed by atoms with van der Waals surface area (Å²) in [6.45, 7) is 4.34. The first-order valence-corrected chi connectivity index (χ1v) is 11.7. The number of nitrogens with one attached hydrogen (secondary N) is 1. The second-order valence-corrected chi connectivity index (χ2v) is 9.49. The Morgan fingerprint density at radius 2 is 1.97 bits per heavy atom. The van der Waals surface area contributed by atoms with Gasteiger partial charge in [0.15, 0.2) is 11.5 Å². The molecule has 160 valence electrons. The van der Waals surface area contributed by atoms with Crippen molar-refractivity contribution in [1.82, 2.24) is 9.80 Å². The van der Waals surface area contributed by atoms with E-state index in [-0.39, 0.29) is 12.1 Å². The van der Waals surface area contributed by atoms with E-state index in [2.05, 4.69) is 21.2 Å². The van der Waals surface area contributed by atoms with Crippen LogP contribution in [-0.2, 0) is 0 Å². The summed E-state index contributed by atoms with van der Waals surface area (Å²) in [6, 6.07) is 6.68. The summed E-state index contributed by atoms with van der Waals surface area (Å²) in [4.78, 5) is 18.2. The molecule has 6 heteroatoms. The number of hydrogen-bond donors (Lipinski definition) is 1. The monoisotopic (exact) mass is 409 g/mol. The number of hydrogen-bond acceptors (Lipinski definition) is 4. The van der Waals surface area contributed by atoms with Gasteiger partial charge in [0.1, 0.15) is 13.2 Å². The molecule has 5 aliphatic rings. The van der Waals surface area contributed by atoms with E-state index in [1.54, 1.807) is 0 Å². The zero-order valence-corrected chi connectivity index (χ0v) is 17.5. The van der Waals surface area contributed by atoms with E-state index >= 15 is 0 Å². The zero-order valence-electron chi connectivity index (χ0n) is 17.5. The number of urea groups is 1. The van der Waals surface area contributed by atoms with Crippen LogP contribution in [0.3, 0.4) is 0 Å². The van der Waals surface area contributed by atoms with Crippen molar-refractivity contribution in [1.29, 1.82) is 0 Å². The first kappa shape index (κ1) is 18.6. The average molecular weight is 410 g/mol. The minimum atomic E-state index is 0.0153. The van der Waals surface area contributed by atoms with Gasteiger partial charge in [0.05, 0.1) is 6.04 Å². The largest absolute Gasteiger partial charge is 0.486 e. The maximum atomic E-state index is 13.3. The van der Waals surface area contributed by atoms with Gasteiger partial charge in [-0.15, -0.1) is 0 Å². The van der Waals surface area contributed by atoms with Crippen LogP contribution in [0.1, 0.15) is 38.5 Å². The number of benzene rings is 1. The lowest BCUT2D eigenvalue weighted by Crippen LogP contribution is -2.60. The topological polar surface area (TPSA) is 54.0 Å². The summed E-state index contributed by atoms with van der Waals surface area (Å²) in [7, 11) is 0. The van der Waals surface area contributed by atoms with Gasteiger partial charge in [-0.05, 0) is 62.6 Å². The Labute approximate surface area is 178 Å². The molecule has 3 fully saturated rings. The van der Waals surface area contributed by atoms with Crippen LogP contribution in [-0.4, -0.2) is 60.8 Å². The Bertz CT molecular complexity index is 869. The molecule has 2 amide bonds. The number of fused-ring (bicyclic) bond motifs is 7. The van der Waals surface area contributed by atoms with Gasteiger partial charge < -0.3 is 19.7 Å². The maximum absolute atomic E-state index is 13.3. The van der Waals surface area contributed by atoms with Crippen molar-refractivity contribution in [2.45, 2.75) is 50.6 Å². The fourth-order valence-corrected chi connectivity index (χ4v) is 6.52. The van der Waals surface area contributed by atoms with Crippen molar-refractivity contribution in [2.24, 2.45) is 11.8 Å². The van der Waals surface area contributed by atoms with Crippen LogP contribution in [0.25, 0.3) is 0 Å². The number of piperidine rings is 3. The molecule has 1 aromatic rings. The van der Waals surface area contributed by atoms with Gasteiger partial charge in [0.25, 0.3) is 0 Å². The predicted octanol–water partition coefficient (Wildman–Crippen LogP) is 3.88. The molecular weight excluding hydrogens is 378 g/mol. The number of ether oxygens (including phenoxy) is 2. The first-order valence-electron chi connectivity index (χ1n) is 11.7. The second-order valence-electron chi connectivity index (χ2n) is 9.49.